The topological polar surface area (TPSA) is 75.7 Å². The molecule has 2 fully saturated rings. The highest BCUT2D eigenvalue weighted by Gasteiger charge is 2.55. The number of rotatable bonds is 4. The molecule has 1 aliphatic heterocycles. The van der Waals surface area contributed by atoms with E-state index in [1.165, 1.54) is 4.90 Å². The average Bonchev–Trinajstić information content (AvgIpc) is 3.41. The summed E-state index contributed by atoms with van der Waals surface area (Å²) < 4.78 is 5.27. The van der Waals surface area contributed by atoms with E-state index in [1.54, 1.807) is 0 Å². The van der Waals surface area contributed by atoms with Gasteiger partial charge in [-0.1, -0.05) is 42.0 Å². The number of nitrogens with zero attached hydrogens (tertiary/aromatic N) is 1. The fourth-order valence-corrected chi connectivity index (χ4v) is 3.94. The fourth-order valence-electron chi connectivity index (χ4n) is 3.94. The van der Waals surface area contributed by atoms with Crippen molar-refractivity contribution in [2.45, 2.75) is 44.9 Å². The number of likely N-dealkylation sites (tertiary alicyclic amines) is 1. The molecule has 4 rings (SSSR count). The number of carbonyl (C=O) groups excluding carboxylic acids is 3. The maximum atomic E-state index is 12.8. The van der Waals surface area contributed by atoms with Crippen molar-refractivity contribution >= 4 is 17.9 Å². The fraction of sp³-hybridized carbons (Fsp3) is 0.450. The summed E-state index contributed by atoms with van der Waals surface area (Å²) in [5.41, 5.74) is 1.90. The average molecular weight is 354 g/mol. The predicted octanol–water partition coefficient (Wildman–Crippen LogP) is 2.40. The Morgan fingerprint density at radius 1 is 1.19 bits per heavy atom. The van der Waals surface area contributed by atoms with Gasteiger partial charge in [-0.25, -0.2) is 4.79 Å². The molecule has 136 valence electrons. The summed E-state index contributed by atoms with van der Waals surface area (Å²) in [7, 11) is 0. The molecule has 0 spiro atoms. The van der Waals surface area contributed by atoms with Crippen molar-refractivity contribution < 1.29 is 19.1 Å². The lowest BCUT2D eigenvalue weighted by atomic mass is 9.78. The third-order valence-electron chi connectivity index (χ3n) is 5.31. The van der Waals surface area contributed by atoms with Crippen molar-refractivity contribution in [3.05, 3.63) is 47.5 Å². The number of imide groups is 1. The monoisotopic (exact) mass is 354 g/mol. The molecule has 1 saturated heterocycles. The molecular formula is C20H22N2O4. The van der Waals surface area contributed by atoms with Gasteiger partial charge in [0.05, 0.1) is 17.9 Å². The second-order valence-corrected chi connectivity index (χ2v) is 7.36. The Hall–Kier alpha value is -2.63. The molecule has 0 radical (unpaired) electrons. The van der Waals surface area contributed by atoms with Crippen LogP contribution in [-0.2, 0) is 20.9 Å². The summed E-state index contributed by atoms with van der Waals surface area (Å²) in [4.78, 5) is 39.1. The maximum Gasteiger partial charge on any atom is 0.407 e. The van der Waals surface area contributed by atoms with Crippen LogP contribution < -0.4 is 5.32 Å². The molecule has 1 aromatic rings. The molecule has 3 unspecified atom stereocenters. The number of allylic oxidation sites excluding steroid dienone is 1. The summed E-state index contributed by atoms with van der Waals surface area (Å²) in [6, 6.07) is 8.96. The molecule has 6 nitrogen and oxygen atoms in total. The predicted molar refractivity (Wildman–Crippen MR) is 93.8 cm³/mol. The van der Waals surface area contributed by atoms with E-state index in [0.29, 0.717) is 6.42 Å². The van der Waals surface area contributed by atoms with Crippen molar-refractivity contribution in [1.82, 2.24) is 10.2 Å². The van der Waals surface area contributed by atoms with Crippen LogP contribution in [-0.4, -0.2) is 34.9 Å². The van der Waals surface area contributed by atoms with Gasteiger partial charge in [-0.15, -0.1) is 0 Å². The lowest BCUT2D eigenvalue weighted by Crippen LogP contribution is -2.46. The van der Waals surface area contributed by atoms with Crippen LogP contribution in [0.25, 0.3) is 0 Å². The summed E-state index contributed by atoms with van der Waals surface area (Å²) in [6.45, 7) is 2.09. The minimum Gasteiger partial charge on any atom is -0.445 e. The quantitative estimate of drug-likeness (QED) is 0.665. The van der Waals surface area contributed by atoms with Crippen LogP contribution in [0.4, 0.5) is 4.79 Å². The Morgan fingerprint density at radius 2 is 1.92 bits per heavy atom. The van der Waals surface area contributed by atoms with Crippen molar-refractivity contribution in [3.8, 4) is 0 Å². The van der Waals surface area contributed by atoms with Crippen LogP contribution in [0, 0.1) is 11.8 Å². The van der Waals surface area contributed by atoms with E-state index in [0.717, 1.165) is 24.0 Å². The van der Waals surface area contributed by atoms with Crippen molar-refractivity contribution in [3.63, 3.8) is 0 Å². The number of fused-ring (bicyclic) bond motifs is 1. The SMILES string of the molecule is CC1=CC(NC(=O)OCc2ccccc2)C2C(=O)N(C3CC3)C(=O)C2C1. The second kappa shape index (κ2) is 6.59. The number of nitrogens with one attached hydrogen (secondary N) is 1. The minimum atomic E-state index is -0.575. The number of amides is 3. The van der Waals surface area contributed by atoms with E-state index in [2.05, 4.69) is 5.32 Å². The minimum absolute atomic E-state index is 0.0617. The van der Waals surface area contributed by atoms with Gasteiger partial charge in [0.2, 0.25) is 11.8 Å². The van der Waals surface area contributed by atoms with Crippen LogP contribution in [0.15, 0.2) is 42.0 Å². The standard InChI is InChI=1S/C20H22N2O4/c1-12-9-15-17(19(24)22(18(15)23)14-7-8-14)16(10-12)21-20(25)26-11-13-5-3-2-4-6-13/h2-6,10,14-17H,7-9,11H2,1H3,(H,21,25). The lowest BCUT2D eigenvalue weighted by Gasteiger charge is -2.28. The Morgan fingerprint density at radius 3 is 2.62 bits per heavy atom. The number of ether oxygens (including phenoxy) is 1. The highest BCUT2D eigenvalue weighted by atomic mass is 16.5. The molecule has 0 aromatic heterocycles. The Balaban J connectivity index is 1.44. The van der Waals surface area contributed by atoms with Crippen LogP contribution in [0.2, 0.25) is 0 Å². The molecule has 1 N–H and O–H groups in total. The molecule has 2 aliphatic carbocycles. The first-order valence-electron chi connectivity index (χ1n) is 9.06. The van der Waals surface area contributed by atoms with Gasteiger partial charge in [0, 0.05) is 6.04 Å². The van der Waals surface area contributed by atoms with Gasteiger partial charge >= 0.3 is 6.09 Å². The van der Waals surface area contributed by atoms with Crippen molar-refractivity contribution in [1.29, 1.82) is 0 Å². The first-order valence-corrected chi connectivity index (χ1v) is 9.06. The maximum absolute atomic E-state index is 12.8. The van der Waals surface area contributed by atoms with E-state index in [9.17, 15) is 14.4 Å². The molecule has 26 heavy (non-hydrogen) atoms. The first-order chi connectivity index (χ1) is 12.5. The van der Waals surface area contributed by atoms with Crippen LogP contribution in [0.1, 0.15) is 31.7 Å². The lowest BCUT2D eigenvalue weighted by molar-refractivity contribution is -0.140. The largest absolute Gasteiger partial charge is 0.445 e. The molecule has 3 aliphatic rings. The van der Waals surface area contributed by atoms with Gasteiger partial charge in [-0.3, -0.25) is 14.5 Å². The summed E-state index contributed by atoms with van der Waals surface area (Å²) in [5.74, 6) is -1.12. The van der Waals surface area contributed by atoms with Gasteiger partial charge in [-0.05, 0) is 31.7 Å². The summed E-state index contributed by atoms with van der Waals surface area (Å²) in [6.07, 6.45) is 3.66. The number of hydrogen-bond acceptors (Lipinski definition) is 4. The summed E-state index contributed by atoms with van der Waals surface area (Å²) in [5, 5.41) is 2.78. The third-order valence-corrected chi connectivity index (χ3v) is 5.31. The molecular weight excluding hydrogens is 332 g/mol. The van der Waals surface area contributed by atoms with Gasteiger partial charge in [0.25, 0.3) is 0 Å². The van der Waals surface area contributed by atoms with Gasteiger partial charge in [0.1, 0.15) is 6.61 Å². The molecule has 3 amide bonds. The Kier molecular flexibility index (Phi) is 4.26. The molecule has 1 aromatic carbocycles. The number of carbonyl (C=O) groups is 3. The first kappa shape index (κ1) is 16.8. The van der Waals surface area contributed by atoms with E-state index in [-0.39, 0.29) is 30.4 Å². The third kappa shape index (κ3) is 3.11. The normalized spacial score (nSPS) is 27.8. The van der Waals surface area contributed by atoms with Gasteiger partial charge in [0.15, 0.2) is 0 Å². The van der Waals surface area contributed by atoms with E-state index < -0.39 is 18.1 Å². The Labute approximate surface area is 152 Å². The van der Waals surface area contributed by atoms with Crippen LogP contribution in [0.3, 0.4) is 0 Å². The highest BCUT2D eigenvalue weighted by Crippen LogP contribution is 2.42. The molecule has 1 saturated carbocycles. The zero-order chi connectivity index (χ0) is 18.3. The molecule has 3 atom stereocenters. The highest BCUT2D eigenvalue weighted by molar-refractivity contribution is 6.06. The Bertz CT molecular complexity index is 769. The van der Waals surface area contributed by atoms with Crippen LogP contribution in [0.5, 0.6) is 0 Å². The second-order valence-electron chi connectivity index (χ2n) is 7.36. The van der Waals surface area contributed by atoms with Crippen molar-refractivity contribution in [2.24, 2.45) is 11.8 Å². The summed E-state index contributed by atoms with van der Waals surface area (Å²) >= 11 is 0. The molecule has 0 bridgehead atoms. The number of benzene rings is 1. The zero-order valence-corrected chi connectivity index (χ0v) is 14.7. The van der Waals surface area contributed by atoms with Crippen molar-refractivity contribution in [2.75, 3.05) is 0 Å². The van der Waals surface area contributed by atoms with Crippen LogP contribution >= 0.6 is 0 Å². The number of alkyl carbamates (subject to hydrolysis) is 1. The van der Waals surface area contributed by atoms with E-state index >= 15 is 0 Å². The van der Waals surface area contributed by atoms with E-state index in [1.807, 2.05) is 43.3 Å². The molecule has 1 heterocycles. The smallest absolute Gasteiger partial charge is 0.407 e. The zero-order valence-electron chi connectivity index (χ0n) is 14.7. The van der Waals surface area contributed by atoms with Gasteiger partial charge in [-0.2, -0.15) is 0 Å². The molecule has 6 heteroatoms. The van der Waals surface area contributed by atoms with Gasteiger partial charge < -0.3 is 10.1 Å². The number of hydrogen-bond donors (Lipinski definition) is 1. The van der Waals surface area contributed by atoms with E-state index in [4.69, 9.17) is 4.74 Å².